The second-order valence-electron chi connectivity index (χ2n) is 7.63. The van der Waals surface area contributed by atoms with Crippen LogP contribution in [0.4, 0.5) is 11.4 Å². The number of nitrogens with zero attached hydrogens (tertiary/aromatic N) is 2. The minimum absolute atomic E-state index is 0.00000724. The number of benzene rings is 2. The normalized spacial score (nSPS) is 22.4. The van der Waals surface area contributed by atoms with Gasteiger partial charge in [0.2, 0.25) is 5.91 Å². The number of allylic oxidation sites excluding steroid dienone is 1. The first kappa shape index (κ1) is 19.7. The number of amides is 1. The van der Waals surface area contributed by atoms with Crippen LogP contribution in [0.3, 0.4) is 0 Å². The number of Topliss-reactive ketones (excluding diaryl/α,β-unsaturated/α-hetero) is 1. The first-order valence-corrected chi connectivity index (χ1v) is 10.5. The summed E-state index contributed by atoms with van der Waals surface area (Å²) < 4.78 is 0. The van der Waals surface area contributed by atoms with E-state index in [1.807, 2.05) is 0 Å². The van der Waals surface area contributed by atoms with Crippen LogP contribution in [0, 0.1) is 11.3 Å². The maximum absolute atomic E-state index is 13.5. The number of nitriles is 1. The number of nitrogens with one attached hydrogen (secondary N) is 1. The molecule has 3 N–H and O–H groups in total. The fourth-order valence-electron chi connectivity index (χ4n) is 4.89. The molecule has 2 heterocycles. The Labute approximate surface area is 188 Å². The molecule has 8 heteroatoms. The Kier molecular flexibility index (Phi) is 4.37. The van der Waals surface area contributed by atoms with Crippen LogP contribution in [0.1, 0.15) is 24.8 Å². The molecule has 6 nitrogen and oxygen atoms in total. The van der Waals surface area contributed by atoms with Crippen molar-refractivity contribution in [2.45, 2.75) is 24.7 Å². The van der Waals surface area contributed by atoms with Gasteiger partial charge in [-0.25, -0.2) is 0 Å². The Morgan fingerprint density at radius 1 is 1.10 bits per heavy atom. The van der Waals surface area contributed by atoms with Gasteiger partial charge in [0.05, 0.1) is 21.3 Å². The number of hydrogen-bond donors (Lipinski definition) is 2. The first-order chi connectivity index (χ1) is 14.9. The second kappa shape index (κ2) is 6.88. The van der Waals surface area contributed by atoms with Crippen LogP contribution in [0.2, 0.25) is 10.0 Å². The van der Waals surface area contributed by atoms with Gasteiger partial charge in [0.25, 0.3) is 0 Å². The summed E-state index contributed by atoms with van der Waals surface area (Å²) in [6.07, 6.45) is 1.38. The summed E-state index contributed by atoms with van der Waals surface area (Å²) >= 11 is 12.7. The van der Waals surface area contributed by atoms with E-state index in [1.165, 1.54) is 0 Å². The SMILES string of the molecule is N#CC1=C(N)N(c2cccc(Cl)c2Cl)C2=C(C(=O)CCC2)[C@]12C(=O)Nc1ccccc12. The van der Waals surface area contributed by atoms with Crippen LogP contribution in [0.25, 0.3) is 0 Å². The van der Waals surface area contributed by atoms with Gasteiger partial charge in [0.15, 0.2) is 5.78 Å². The third kappa shape index (κ3) is 2.45. The van der Waals surface area contributed by atoms with E-state index in [0.717, 1.165) is 0 Å². The average Bonchev–Trinajstić information content (AvgIpc) is 3.04. The molecule has 0 bridgehead atoms. The zero-order chi connectivity index (χ0) is 21.9. The molecule has 2 aliphatic heterocycles. The Balaban J connectivity index is 1.90. The first-order valence-electron chi connectivity index (χ1n) is 9.75. The highest BCUT2D eigenvalue weighted by molar-refractivity contribution is 6.43. The maximum atomic E-state index is 13.5. The lowest BCUT2D eigenvalue weighted by Gasteiger charge is -2.43. The molecule has 1 amide bonds. The van der Waals surface area contributed by atoms with Crippen molar-refractivity contribution in [3.63, 3.8) is 0 Å². The van der Waals surface area contributed by atoms with E-state index in [0.29, 0.717) is 40.5 Å². The quantitative estimate of drug-likeness (QED) is 0.670. The molecule has 0 fully saturated rings. The number of carbonyl (C=O) groups excluding carboxylic acids is 2. The third-order valence-corrected chi connectivity index (χ3v) is 6.91. The smallest absolute Gasteiger partial charge is 0.245 e. The van der Waals surface area contributed by atoms with Crippen molar-refractivity contribution in [2.75, 3.05) is 10.2 Å². The van der Waals surface area contributed by atoms with Gasteiger partial charge in [-0.05, 0) is 31.0 Å². The number of para-hydroxylation sites is 1. The Bertz CT molecular complexity index is 1290. The molecular weight excluding hydrogens is 435 g/mol. The highest BCUT2D eigenvalue weighted by Gasteiger charge is 2.60. The van der Waals surface area contributed by atoms with Crippen LogP contribution < -0.4 is 16.0 Å². The summed E-state index contributed by atoms with van der Waals surface area (Å²) in [4.78, 5) is 28.4. The van der Waals surface area contributed by atoms with E-state index < -0.39 is 11.3 Å². The van der Waals surface area contributed by atoms with Crippen LogP contribution >= 0.6 is 23.2 Å². The Hall–Kier alpha value is -3.27. The number of anilines is 2. The van der Waals surface area contributed by atoms with Gasteiger partial charge in [0, 0.05) is 28.9 Å². The second-order valence-corrected chi connectivity index (χ2v) is 8.41. The lowest BCUT2D eigenvalue weighted by molar-refractivity contribution is -0.122. The molecule has 154 valence electrons. The molecule has 31 heavy (non-hydrogen) atoms. The lowest BCUT2D eigenvalue weighted by Crippen LogP contribution is -2.50. The van der Waals surface area contributed by atoms with E-state index in [4.69, 9.17) is 28.9 Å². The maximum Gasteiger partial charge on any atom is 0.245 e. The van der Waals surface area contributed by atoms with Gasteiger partial charge >= 0.3 is 0 Å². The lowest BCUT2D eigenvalue weighted by atomic mass is 9.64. The molecule has 0 aromatic heterocycles. The van der Waals surface area contributed by atoms with Gasteiger partial charge in [-0.1, -0.05) is 47.5 Å². The summed E-state index contributed by atoms with van der Waals surface area (Å²) in [5.41, 5.74) is 7.42. The molecule has 0 saturated carbocycles. The van der Waals surface area contributed by atoms with E-state index in [-0.39, 0.29) is 34.2 Å². The van der Waals surface area contributed by atoms with Gasteiger partial charge in [-0.15, -0.1) is 0 Å². The molecule has 0 radical (unpaired) electrons. The standard InChI is InChI=1S/C23H16Cl2N4O2/c24-14-6-3-9-17(20(14)25)29-16-8-4-10-18(30)19(16)23(13(11-26)21(29)27)12-5-1-2-7-15(12)28-22(23)31/h1-3,5-7,9H,4,8,10,27H2,(H,28,31)/t23-/m1/s1. The summed E-state index contributed by atoms with van der Waals surface area (Å²) in [6, 6.07) is 14.3. The van der Waals surface area contributed by atoms with Crippen molar-refractivity contribution < 1.29 is 9.59 Å². The predicted octanol–water partition coefficient (Wildman–Crippen LogP) is 4.40. The summed E-state index contributed by atoms with van der Waals surface area (Å²) in [5, 5.41) is 13.6. The van der Waals surface area contributed by atoms with Crippen LogP contribution in [-0.2, 0) is 15.0 Å². The van der Waals surface area contributed by atoms with Crippen LogP contribution in [0.15, 0.2) is 65.1 Å². The van der Waals surface area contributed by atoms with Crippen molar-refractivity contribution in [3.05, 3.63) is 80.7 Å². The number of rotatable bonds is 1. The number of ketones is 1. The molecule has 1 aliphatic carbocycles. The van der Waals surface area contributed by atoms with Crippen LogP contribution in [0.5, 0.6) is 0 Å². The monoisotopic (exact) mass is 450 g/mol. The average molecular weight is 451 g/mol. The van der Waals surface area contributed by atoms with Crippen molar-refractivity contribution in [2.24, 2.45) is 5.73 Å². The highest BCUT2D eigenvalue weighted by atomic mass is 35.5. The van der Waals surface area contributed by atoms with Crippen molar-refractivity contribution in [3.8, 4) is 6.07 Å². The van der Waals surface area contributed by atoms with E-state index in [9.17, 15) is 14.9 Å². The van der Waals surface area contributed by atoms with Gasteiger partial charge in [-0.3, -0.25) is 14.5 Å². The zero-order valence-corrected chi connectivity index (χ0v) is 17.7. The molecule has 1 atom stereocenters. The Morgan fingerprint density at radius 3 is 2.65 bits per heavy atom. The molecule has 1 spiro atoms. The fourth-order valence-corrected chi connectivity index (χ4v) is 5.27. The van der Waals surface area contributed by atoms with E-state index >= 15 is 0 Å². The third-order valence-electron chi connectivity index (χ3n) is 6.11. The fraction of sp³-hybridized carbons (Fsp3) is 0.174. The van der Waals surface area contributed by atoms with Crippen molar-refractivity contribution >= 4 is 46.3 Å². The Morgan fingerprint density at radius 2 is 1.87 bits per heavy atom. The molecule has 2 aromatic rings. The molecular formula is C23H16Cl2N4O2. The number of fused-ring (bicyclic) bond motifs is 3. The number of hydrogen-bond acceptors (Lipinski definition) is 5. The molecule has 0 unspecified atom stereocenters. The summed E-state index contributed by atoms with van der Waals surface area (Å²) in [5.74, 6) is -0.573. The molecule has 0 saturated heterocycles. The molecule has 5 rings (SSSR count). The minimum atomic E-state index is -1.58. The number of halogens is 2. The van der Waals surface area contributed by atoms with Gasteiger partial charge in [0.1, 0.15) is 17.3 Å². The molecule has 2 aromatic carbocycles. The molecule has 3 aliphatic rings. The van der Waals surface area contributed by atoms with Crippen molar-refractivity contribution in [1.29, 1.82) is 5.26 Å². The summed E-state index contributed by atoms with van der Waals surface area (Å²) in [6.45, 7) is 0. The van der Waals surface area contributed by atoms with Crippen molar-refractivity contribution in [1.82, 2.24) is 0 Å². The van der Waals surface area contributed by atoms with E-state index in [2.05, 4.69) is 11.4 Å². The highest BCUT2D eigenvalue weighted by Crippen LogP contribution is 2.55. The van der Waals surface area contributed by atoms with E-state index in [1.54, 1.807) is 47.4 Å². The number of nitrogens with two attached hydrogens (primary N) is 1. The van der Waals surface area contributed by atoms with Crippen LogP contribution in [-0.4, -0.2) is 11.7 Å². The van der Waals surface area contributed by atoms with Gasteiger partial charge in [-0.2, -0.15) is 5.26 Å². The van der Waals surface area contributed by atoms with Gasteiger partial charge < -0.3 is 11.1 Å². The predicted molar refractivity (Wildman–Crippen MR) is 118 cm³/mol. The zero-order valence-electron chi connectivity index (χ0n) is 16.2. The largest absolute Gasteiger partial charge is 0.384 e. The summed E-state index contributed by atoms with van der Waals surface area (Å²) in [7, 11) is 0. The topological polar surface area (TPSA) is 99.2 Å². The minimum Gasteiger partial charge on any atom is -0.384 e. The number of carbonyl (C=O) groups is 2.